The Hall–Kier alpha value is -4.23. The molecule has 2 aromatic rings. The molecule has 1 saturated carbocycles. The second-order valence-corrected chi connectivity index (χ2v) is 12.1. The number of hydrogen-bond donors (Lipinski definition) is 1. The number of nitrogens with zero attached hydrogens (tertiary/aromatic N) is 3. The third kappa shape index (κ3) is 7.36. The first-order chi connectivity index (χ1) is 22.7. The van der Waals surface area contributed by atoms with E-state index < -0.39 is 41.6 Å². The molecule has 1 saturated heterocycles. The van der Waals surface area contributed by atoms with Crippen molar-refractivity contribution >= 4 is 29.7 Å². The third-order valence-corrected chi connectivity index (χ3v) is 9.31. The van der Waals surface area contributed by atoms with Crippen LogP contribution in [0.15, 0.2) is 47.5 Å². The third-order valence-electron chi connectivity index (χ3n) is 9.31. The molecular weight excluding hydrogens is 614 g/mol. The van der Waals surface area contributed by atoms with E-state index in [4.69, 9.17) is 14.2 Å². The van der Waals surface area contributed by atoms with Gasteiger partial charge in [-0.1, -0.05) is 24.3 Å². The summed E-state index contributed by atoms with van der Waals surface area (Å²) in [6.07, 6.45) is 4.28. The van der Waals surface area contributed by atoms with Crippen LogP contribution in [-0.2, 0) is 19.0 Å². The van der Waals surface area contributed by atoms with Crippen LogP contribution < -0.4 is 5.32 Å². The topological polar surface area (TPSA) is 127 Å². The number of imide groups is 1. The quantitative estimate of drug-likeness (QED) is 0.375. The standard InChI is InChI=1S/C34H40F2N4O7/c1-4-47-31(41)25-8-6-5-7-24(25)20-9-12-23(13-10-20)39-16-15-22(18-39)37-33(43)40-30(21-11-14-26(35)27(36)17-21)29(32(42)46-3)28(19-45-2)38-34(40)44/h5-8,11,14,17,20,22-23,29-30H,4,9-10,12-13,15-16,18-19H2,1-3H3,(H,37,43)/t20?,22-,23?,29?,30+/m1/s1. The number of urea groups is 2. The zero-order chi connectivity index (χ0) is 33.7. The normalized spacial score (nSPS) is 24.9. The number of carbonyl (C=O) groups is 4. The number of halogens is 2. The fraction of sp³-hybridized carbons (Fsp3) is 0.500. The number of nitrogens with one attached hydrogen (secondary N) is 1. The maximum absolute atomic E-state index is 14.4. The number of esters is 2. The van der Waals surface area contributed by atoms with E-state index in [9.17, 15) is 28.0 Å². The lowest BCUT2D eigenvalue weighted by atomic mass is 9.79. The Bertz CT molecular complexity index is 1530. The predicted molar refractivity (Wildman–Crippen MR) is 167 cm³/mol. The summed E-state index contributed by atoms with van der Waals surface area (Å²) in [6, 6.07) is 7.44. The number of amides is 4. The highest BCUT2D eigenvalue weighted by molar-refractivity contribution is 6.12. The summed E-state index contributed by atoms with van der Waals surface area (Å²) in [5.41, 5.74) is 1.67. The minimum absolute atomic E-state index is 0.00987. The molecule has 2 fully saturated rings. The highest BCUT2D eigenvalue weighted by Gasteiger charge is 2.48. The molecule has 2 aromatic carbocycles. The molecule has 3 aliphatic rings. The number of benzene rings is 2. The number of ether oxygens (including phenoxy) is 3. The molecular formula is C34H40F2N4O7. The first-order valence-electron chi connectivity index (χ1n) is 15.9. The zero-order valence-corrected chi connectivity index (χ0v) is 26.7. The molecule has 3 atom stereocenters. The molecule has 47 heavy (non-hydrogen) atoms. The highest BCUT2D eigenvalue weighted by atomic mass is 19.2. The van der Waals surface area contributed by atoms with Crippen LogP contribution in [-0.4, -0.2) is 92.1 Å². The number of aliphatic imine (C=N–C) groups is 1. The van der Waals surface area contributed by atoms with Gasteiger partial charge in [-0.3, -0.25) is 9.69 Å². The van der Waals surface area contributed by atoms with Gasteiger partial charge in [0.25, 0.3) is 0 Å². The summed E-state index contributed by atoms with van der Waals surface area (Å²) in [4.78, 5) is 59.7. The van der Waals surface area contributed by atoms with Crippen molar-refractivity contribution < 1.29 is 42.2 Å². The number of methoxy groups -OCH3 is 2. The van der Waals surface area contributed by atoms with E-state index in [2.05, 4.69) is 15.2 Å². The molecule has 0 radical (unpaired) electrons. The van der Waals surface area contributed by atoms with E-state index in [0.29, 0.717) is 31.2 Å². The Morgan fingerprint density at radius 3 is 2.43 bits per heavy atom. The van der Waals surface area contributed by atoms with Gasteiger partial charge in [0.2, 0.25) is 0 Å². The van der Waals surface area contributed by atoms with Crippen LogP contribution in [0, 0.1) is 17.6 Å². The summed E-state index contributed by atoms with van der Waals surface area (Å²) in [6.45, 7) is 3.18. The van der Waals surface area contributed by atoms with E-state index in [1.807, 2.05) is 24.3 Å². The van der Waals surface area contributed by atoms with Crippen LogP contribution in [0.25, 0.3) is 0 Å². The Morgan fingerprint density at radius 1 is 1.00 bits per heavy atom. The largest absolute Gasteiger partial charge is 0.468 e. The van der Waals surface area contributed by atoms with E-state index >= 15 is 0 Å². The SMILES string of the molecule is CCOC(=O)c1ccccc1C1CCC(N2CC[C@@H](NC(=O)N3C(=O)N=C(COC)C(C(=O)OC)[C@@H]3c3ccc(F)c(F)c3)C2)CC1. The monoisotopic (exact) mass is 654 g/mol. The second kappa shape index (κ2) is 15.1. The summed E-state index contributed by atoms with van der Waals surface area (Å²) >= 11 is 0. The molecule has 1 unspecified atom stereocenters. The average molecular weight is 655 g/mol. The van der Waals surface area contributed by atoms with Gasteiger partial charge in [0.15, 0.2) is 11.6 Å². The van der Waals surface area contributed by atoms with E-state index in [1.165, 1.54) is 13.2 Å². The molecule has 2 heterocycles. The highest BCUT2D eigenvalue weighted by Crippen LogP contribution is 2.38. The number of carbonyl (C=O) groups excluding carboxylic acids is 4. The molecule has 252 valence electrons. The zero-order valence-electron chi connectivity index (χ0n) is 26.7. The maximum atomic E-state index is 14.4. The summed E-state index contributed by atoms with van der Waals surface area (Å²) in [5, 5.41) is 2.92. The number of rotatable bonds is 9. The van der Waals surface area contributed by atoms with Crippen molar-refractivity contribution in [2.45, 2.75) is 63.1 Å². The first kappa shape index (κ1) is 34.1. The van der Waals surface area contributed by atoms with E-state index in [1.54, 1.807) is 6.92 Å². The Morgan fingerprint density at radius 2 is 1.74 bits per heavy atom. The van der Waals surface area contributed by atoms with Crippen molar-refractivity contribution in [2.24, 2.45) is 10.9 Å². The van der Waals surface area contributed by atoms with Crippen LogP contribution in [0.5, 0.6) is 0 Å². The molecule has 4 amide bonds. The molecule has 13 heteroatoms. The number of likely N-dealkylation sites (tertiary alicyclic amines) is 1. The summed E-state index contributed by atoms with van der Waals surface area (Å²) < 4.78 is 43.6. The van der Waals surface area contributed by atoms with Crippen molar-refractivity contribution in [1.29, 1.82) is 0 Å². The fourth-order valence-corrected chi connectivity index (χ4v) is 7.09. The van der Waals surface area contributed by atoms with Crippen molar-refractivity contribution in [3.63, 3.8) is 0 Å². The van der Waals surface area contributed by atoms with Crippen molar-refractivity contribution in [3.05, 3.63) is 70.8 Å². The first-order valence-corrected chi connectivity index (χ1v) is 15.9. The average Bonchev–Trinajstić information content (AvgIpc) is 3.54. The molecule has 0 bridgehead atoms. The molecule has 0 aromatic heterocycles. The lowest BCUT2D eigenvalue weighted by Gasteiger charge is -2.38. The molecule has 1 aliphatic carbocycles. The van der Waals surface area contributed by atoms with Gasteiger partial charge in [0, 0.05) is 32.3 Å². The van der Waals surface area contributed by atoms with Gasteiger partial charge in [0.1, 0.15) is 5.92 Å². The van der Waals surface area contributed by atoms with Crippen LogP contribution in [0.4, 0.5) is 18.4 Å². The molecule has 1 N–H and O–H groups in total. The van der Waals surface area contributed by atoms with Gasteiger partial charge in [-0.2, -0.15) is 4.99 Å². The second-order valence-electron chi connectivity index (χ2n) is 12.1. The van der Waals surface area contributed by atoms with Crippen LogP contribution in [0.1, 0.15) is 72.5 Å². The molecule has 2 aliphatic heterocycles. The van der Waals surface area contributed by atoms with Crippen LogP contribution >= 0.6 is 0 Å². The van der Waals surface area contributed by atoms with Gasteiger partial charge < -0.3 is 19.5 Å². The molecule has 0 spiro atoms. The van der Waals surface area contributed by atoms with Crippen molar-refractivity contribution in [1.82, 2.24) is 15.1 Å². The Balaban J connectivity index is 1.28. The maximum Gasteiger partial charge on any atom is 0.352 e. The van der Waals surface area contributed by atoms with E-state index in [0.717, 1.165) is 61.9 Å². The molecule has 5 rings (SSSR count). The van der Waals surface area contributed by atoms with Crippen molar-refractivity contribution in [2.75, 3.05) is 40.5 Å². The van der Waals surface area contributed by atoms with Gasteiger partial charge in [-0.05, 0) is 74.3 Å². The predicted octanol–water partition coefficient (Wildman–Crippen LogP) is 5.01. The minimum atomic E-state index is -1.35. The smallest absolute Gasteiger partial charge is 0.352 e. The lowest BCUT2D eigenvalue weighted by molar-refractivity contribution is -0.144. The Labute approximate surface area is 272 Å². The lowest BCUT2D eigenvalue weighted by Crippen LogP contribution is -2.55. The van der Waals surface area contributed by atoms with Gasteiger partial charge in [-0.15, -0.1) is 0 Å². The van der Waals surface area contributed by atoms with Gasteiger partial charge >= 0.3 is 24.0 Å². The number of hydrogen-bond acceptors (Lipinski definition) is 8. The minimum Gasteiger partial charge on any atom is -0.468 e. The molecule has 11 nitrogen and oxygen atoms in total. The van der Waals surface area contributed by atoms with Crippen LogP contribution in [0.2, 0.25) is 0 Å². The van der Waals surface area contributed by atoms with E-state index in [-0.39, 0.29) is 35.8 Å². The summed E-state index contributed by atoms with van der Waals surface area (Å²) in [5.74, 6) is -4.47. The summed E-state index contributed by atoms with van der Waals surface area (Å²) in [7, 11) is 2.50. The van der Waals surface area contributed by atoms with Crippen LogP contribution in [0.3, 0.4) is 0 Å². The van der Waals surface area contributed by atoms with Gasteiger partial charge in [-0.25, -0.2) is 28.1 Å². The Kier molecular flexibility index (Phi) is 11.0. The fourth-order valence-electron chi connectivity index (χ4n) is 7.09. The van der Waals surface area contributed by atoms with Crippen molar-refractivity contribution in [3.8, 4) is 0 Å². The van der Waals surface area contributed by atoms with Gasteiger partial charge in [0.05, 0.1) is 37.6 Å².